The van der Waals surface area contributed by atoms with Gasteiger partial charge in [0.2, 0.25) is 23.5 Å². The van der Waals surface area contributed by atoms with Crippen LogP contribution in [0.25, 0.3) is 0 Å². The number of rotatable bonds is 12. The third-order valence-electron chi connectivity index (χ3n) is 10.5. The van der Waals surface area contributed by atoms with E-state index in [2.05, 4.69) is 20.9 Å². The standard InChI is InChI=1S/C34H48N8O9S/c1-33(2,49)26-18-37-40-42(26)23-17-25(31(47)39-34(27(43)29(36)45)12-14-52(50,51)15-13-34)41(19-23)32(48)24(16-20-6-4-3-5-7-20)38-30(46)22-10-8-21(9-11-22)28(35)44/h8-11,18,20,23-25,49-51H,3-7,12-17,19H2,1-2H3,(H2,35,44)(H2,36,45)(H,38,46)(H,39,47)/t23-,24?,25-/m0/s1. The lowest BCUT2D eigenvalue weighted by Gasteiger charge is -2.45. The molecule has 3 aliphatic rings. The number of Topliss-reactive ketones (excluding diaryl/α,β-unsaturated/α-hetero) is 1. The molecule has 2 saturated heterocycles. The topological polar surface area (TPSA) is 273 Å². The summed E-state index contributed by atoms with van der Waals surface area (Å²) in [4.78, 5) is 80.9. The van der Waals surface area contributed by atoms with Gasteiger partial charge >= 0.3 is 0 Å². The van der Waals surface area contributed by atoms with Gasteiger partial charge in [-0.15, -0.1) is 5.10 Å². The van der Waals surface area contributed by atoms with Gasteiger partial charge in [0.15, 0.2) is 0 Å². The van der Waals surface area contributed by atoms with E-state index in [1.54, 1.807) is 13.8 Å². The highest BCUT2D eigenvalue weighted by Gasteiger charge is 2.50. The number of nitrogens with two attached hydrogens (primary N) is 2. The summed E-state index contributed by atoms with van der Waals surface area (Å²) in [6.07, 6.45) is 5.84. The highest BCUT2D eigenvalue weighted by atomic mass is 32.3. The van der Waals surface area contributed by atoms with Crippen molar-refractivity contribution in [2.75, 3.05) is 18.1 Å². The predicted molar refractivity (Wildman–Crippen MR) is 189 cm³/mol. The van der Waals surface area contributed by atoms with E-state index < -0.39 is 75.2 Å². The number of nitrogens with one attached hydrogen (secondary N) is 2. The first-order valence-corrected chi connectivity index (χ1v) is 19.3. The van der Waals surface area contributed by atoms with Crippen LogP contribution in [0.1, 0.15) is 104 Å². The van der Waals surface area contributed by atoms with E-state index in [0.29, 0.717) is 12.1 Å². The molecule has 1 unspecified atom stereocenters. The average Bonchev–Trinajstić information content (AvgIpc) is 3.77. The van der Waals surface area contributed by atoms with Crippen molar-refractivity contribution >= 4 is 45.9 Å². The van der Waals surface area contributed by atoms with Crippen LogP contribution in [0.4, 0.5) is 0 Å². The summed E-state index contributed by atoms with van der Waals surface area (Å²) in [5, 5.41) is 24.5. The van der Waals surface area contributed by atoms with Crippen LogP contribution in [0.15, 0.2) is 30.5 Å². The Kier molecular flexibility index (Phi) is 11.4. The molecule has 1 saturated carbocycles. The van der Waals surface area contributed by atoms with Crippen LogP contribution in [0.5, 0.6) is 0 Å². The summed E-state index contributed by atoms with van der Waals surface area (Å²) in [6.45, 7) is 3.01. The monoisotopic (exact) mass is 744 g/mol. The number of primary amides is 2. The molecule has 284 valence electrons. The fourth-order valence-electron chi connectivity index (χ4n) is 7.51. The molecule has 17 nitrogen and oxygen atoms in total. The Bertz CT molecular complexity index is 1690. The van der Waals surface area contributed by atoms with E-state index in [1.165, 1.54) is 40.0 Å². The Hall–Kier alpha value is -4.39. The second-order valence-corrected chi connectivity index (χ2v) is 17.1. The summed E-state index contributed by atoms with van der Waals surface area (Å²) in [5.41, 5.74) is 8.25. The quantitative estimate of drug-likeness (QED) is 0.150. The number of hydrogen-bond acceptors (Lipinski definition) is 11. The number of carbonyl (C=O) groups excluding carboxylic acids is 6. The minimum absolute atomic E-state index is 0.0291. The van der Waals surface area contributed by atoms with Gasteiger partial charge in [-0.05, 0) is 63.3 Å². The number of nitrogens with zero attached hydrogens (tertiary/aromatic N) is 4. The number of aliphatic hydroxyl groups is 1. The summed E-state index contributed by atoms with van der Waals surface area (Å²) in [6, 6.07) is 2.69. The third-order valence-corrected chi connectivity index (χ3v) is 12.2. The van der Waals surface area contributed by atoms with Crippen molar-refractivity contribution < 1.29 is 43.0 Å². The summed E-state index contributed by atoms with van der Waals surface area (Å²) in [5.74, 6) is -5.34. The Morgan fingerprint density at radius 1 is 1.00 bits per heavy atom. The van der Waals surface area contributed by atoms with Gasteiger partial charge in [-0.2, -0.15) is 10.6 Å². The first kappa shape index (κ1) is 38.8. The molecular formula is C34H48N8O9S. The molecular weight excluding hydrogens is 696 g/mol. The van der Waals surface area contributed by atoms with E-state index in [9.17, 15) is 43.0 Å². The van der Waals surface area contributed by atoms with Gasteiger partial charge < -0.3 is 32.1 Å². The zero-order valence-electron chi connectivity index (χ0n) is 29.3. The number of amides is 5. The number of benzene rings is 1. The molecule has 9 N–H and O–H groups in total. The molecule has 3 atom stereocenters. The van der Waals surface area contributed by atoms with Gasteiger partial charge in [0.25, 0.3) is 11.8 Å². The van der Waals surface area contributed by atoms with Crippen molar-refractivity contribution in [2.24, 2.45) is 17.4 Å². The first-order chi connectivity index (χ1) is 24.4. The molecule has 5 rings (SSSR count). The van der Waals surface area contributed by atoms with Crippen molar-refractivity contribution in [3.05, 3.63) is 47.3 Å². The molecule has 0 bridgehead atoms. The van der Waals surface area contributed by atoms with E-state index in [4.69, 9.17) is 11.5 Å². The Balaban J connectivity index is 1.49. The SMILES string of the molecule is CC(C)(O)c1cnnn1[C@H]1C[C@@H](C(=O)NC2(C(=O)C(N)=O)CCS(O)(O)CC2)N(C(=O)C(CC2CCCCC2)NC(=O)c2ccc(C(N)=O)cc2)C1. The second kappa shape index (κ2) is 15.3. The maximum atomic E-state index is 14.7. The summed E-state index contributed by atoms with van der Waals surface area (Å²) >= 11 is 0. The second-order valence-electron chi connectivity index (χ2n) is 14.7. The highest BCUT2D eigenvalue weighted by molar-refractivity contribution is 8.24. The minimum atomic E-state index is -3.04. The molecule has 5 amide bonds. The molecule has 3 heterocycles. The number of aromatic nitrogens is 3. The van der Waals surface area contributed by atoms with Crippen molar-refractivity contribution in [3.63, 3.8) is 0 Å². The van der Waals surface area contributed by atoms with E-state index in [0.717, 1.165) is 32.1 Å². The van der Waals surface area contributed by atoms with Crippen molar-refractivity contribution in [1.29, 1.82) is 0 Å². The molecule has 1 aromatic heterocycles. The molecule has 1 aliphatic carbocycles. The maximum absolute atomic E-state index is 14.7. The third kappa shape index (κ3) is 8.62. The van der Waals surface area contributed by atoms with Crippen LogP contribution in [0.2, 0.25) is 0 Å². The summed E-state index contributed by atoms with van der Waals surface area (Å²) < 4.78 is 22.0. The van der Waals surface area contributed by atoms with Gasteiger partial charge in [0.1, 0.15) is 23.2 Å². The van der Waals surface area contributed by atoms with Crippen molar-refractivity contribution in [3.8, 4) is 0 Å². The van der Waals surface area contributed by atoms with E-state index in [-0.39, 0.29) is 54.4 Å². The van der Waals surface area contributed by atoms with Crippen LogP contribution in [-0.4, -0.2) is 105 Å². The average molecular weight is 745 g/mol. The molecule has 1 aromatic carbocycles. The molecule has 2 aliphatic heterocycles. The molecule has 3 fully saturated rings. The smallest absolute Gasteiger partial charge is 0.287 e. The minimum Gasteiger partial charge on any atom is -0.384 e. The number of likely N-dealkylation sites (tertiary alicyclic amines) is 1. The van der Waals surface area contributed by atoms with Gasteiger partial charge in [-0.25, -0.2) is 4.68 Å². The van der Waals surface area contributed by atoms with Crippen LogP contribution >= 0.6 is 10.6 Å². The molecule has 52 heavy (non-hydrogen) atoms. The molecule has 2 aromatic rings. The Morgan fingerprint density at radius 3 is 2.19 bits per heavy atom. The van der Waals surface area contributed by atoms with Gasteiger partial charge in [0.05, 0.1) is 17.9 Å². The van der Waals surface area contributed by atoms with Crippen molar-refractivity contribution in [1.82, 2.24) is 30.5 Å². The first-order valence-electron chi connectivity index (χ1n) is 17.4. The Labute approximate surface area is 302 Å². The van der Waals surface area contributed by atoms with E-state index >= 15 is 0 Å². The molecule has 0 radical (unpaired) electrons. The predicted octanol–water partition coefficient (Wildman–Crippen LogP) is 0.969. The zero-order valence-corrected chi connectivity index (χ0v) is 30.1. The molecule has 0 spiro atoms. The van der Waals surface area contributed by atoms with Gasteiger partial charge in [0, 0.05) is 35.6 Å². The summed E-state index contributed by atoms with van der Waals surface area (Å²) in [7, 11) is -3.04. The lowest BCUT2D eigenvalue weighted by molar-refractivity contribution is -0.145. The largest absolute Gasteiger partial charge is 0.384 e. The van der Waals surface area contributed by atoms with Gasteiger partial charge in [-0.3, -0.25) is 37.9 Å². The lowest BCUT2D eigenvalue weighted by Crippen LogP contribution is -2.64. The fraction of sp³-hybridized carbons (Fsp3) is 0.588. The highest BCUT2D eigenvalue weighted by Crippen LogP contribution is 2.47. The molecule has 18 heteroatoms. The van der Waals surface area contributed by atoms with Crippen LogP contribution in [0, 0.1) is 5.92 Å². The maximum Gasteiger partial charge on any atom is 0.287 e. The van der Waals surface area contributed by atoms with Crippen LogP contribution < -0.4 is 22.1 Å². The Morgan fingerprint density at radius 2 is 1.62 bits per heavy atom. The van der Waals surface area contributed by atoms with Gasteiger partial charge in [-0.1, -0.05) is 37.3 Å². The number of carbonyl (C=O) groups is 6. The van der Waals surface area contributed by atoms with Crippen LogP contribution in [-0.2, 0) is 24.8 Å². The zero-order chi connectivity index (χ0) is 38.0. The van der Waals surface area contributed by atoms with E-state index in [1.807, 2.05) is 0 Å². The normalized spacial score (nSPS) is 22.9. The number of ketones is 1. The number of hydrogen-bond donors (Lipinski definition) is 7. The van der Waals surface area contributed by atoms with Crippen LogP contribution in [0.3, 0.4) is 0 Å². The lowest BCUT2D eigenvalue weighted by atomic mass is 9.84. The van der Waals surface area contributed by atoms with Crippen molar-refractivity contribution in [2.45, 2.75) is 101 Å². The fourth-order valence-corrected chi connectivity index (χ4v) is 9.06.